The molecule has 0 atom stereocenters. The number of halogens is 1. The number of nitrogens with one attached hydrogen (secondary N) is 3. The number of fused-ring (bicyclic) bond motifs is 2. The zero-order chi connectivity index (χ0) is 42.3. The molecule has 0 spiro atoms. The fourth-order valence-electron chi connectivity index (χ4n) is 5.63. The van der Waals surface area contributed by atoms with E-state index in [1.54, 1.807) is 0 Å². The van der Waals surface area contributed by atoms with Gasteiger partial charge in [-0.1, -0.05) is 23.7 Å². The van der Waals surface area contributed by atoms with Crippen molar-refractivity contribution < 1.29 is 62.8 Å². The molecule has 4 aromatic carbocycles. The van der Waals surface area contributed by atoms with Crippen LogP contribution in [0.5, 0.6) is 11.5 Å². The van der Waals surface area contributed by atoms with E-state index in [9.17, 15) is 53.3 Å². The Labute approximate surface area is 334 Å². The number of carbonyl (C=O) groups excluding carboxylic acids is 3. The smallest absolute Gasteiger partial charge is 0.296 e. The molecular formula is C35H26ClN5O14S3. The van der Waals surface area contributed by atoms with E-state index in [4.69, 9.17) is 21.1 Å². The lowest BCUT2D eigenvalue weighted by Crippen LogP contribution is -2.29. The third-order valence-electron chi connectivity index (χ3n) is 8.36. The van der Waals surface area contributed by atoms with Crippen molar-refractivity contribution in [1.82, 2.24) is 0 Å². The maximum atomic E-state index is 14.1. The molecule has 0 radical (unpaired) electrons. The first-order chi connectivity index (χ1) is 27.2. The Morgan fingerprint density at radius 1 is 0.672 bits per heavy atom. The van der Waals surface area contributed by atoms with Gasteiger partial charge in [-0.25, -0.2) is 0 Å². The van der Waals surface area contributed by atoms with Crippen molar-refractivity contribution in [2.75, 3.05) is 30.4 Å². The van der Waals surface area contributed by atoms with Gasteiger partial charge in [-0.15, -0.1) is 0 Å². The molecule has 58 heavy (non-hydrogen) atoms. The maximum Gasteiger partial charge on any atom is 0.296 e. The first-order valence-electron chi connectivity index (χ1n) is 15.9. The normalized spacial score (nSPS) is 15.4. The molecule has 0 saturated heterocycles. The van der Waals surface area contributed by atoms with Crippen LogP contribution in [0.4, 0.5) is 17.1 Å². The number of hydrazone groups is 2. The Bertz CT molecular complexity index is 2930. The third-order valence-corrected chi connectivity index (χ3v) is 11.2. The SMILES string of the molecule is COc1cc(N/N=C2\C(=O)c3c(cc(S(=O)(=O)O)cc3NC(=O)c3ccc(Cl)cc3)C=C2S(=O)(=O)O)c(OC)cc1N/N=C1\C(=O)C=Cc2ccc(S(=O)(=O)O)cc21. The van der Waals surface area contributed by atoms with E-state index in [2.05, 4.69) is 26.4 Å². The van der Waals surface area contributed by atoms with Crippen molar-refractivity contribution in [3.05, 3.63) is 111 Å². The Morgan fingerprint density at radius 3 is 1.81 bits per heavy atom. The second kappa shape index (κ2) is 15.6. The van der Waals surface area contributed by atoms with Crippen LogP contribution < -0.4 is 25.6 Å². The third kappa shape index (κ3) is 8.52. The van der Waals surface area contributed by atoms with Crippen molar-refractivity contribution in [2.45, 2.75) is 9.79 Å². The molecule has 0 aliphatic heterocycles. The summed E-state index contributed by atoms with van der Waals surface area (Å²) in [5.74, 6) is -2.75. The van der Waals surface area contributed by atoms with Gasteiger partial charge in [0.25, 0.3) is 36.3 Å². The number of benzene rings is 4. The number of methoxy groups -OCH3 is 2. The number of amides is 1. The lowest BCUT2D eigenvalue weighted by Gasteiger charge is -2.21. The van der Waals surface area contributed by atoms with Crippen LogP contribution in [-0.2, 0) is 35.1 Å². The summed E-state index contributed by atoms with van der Waals surface area (Å²) in [5.41, 5.74) is 3.09. The summed E-state index contributed by atoms with van der Waals surface area (Å²) in [6.45, 7) is 0. The molecule has 0 fully saturated rings. The van der Waals surface area contributed by atoms with Crippen LogP contribution in [0.1, 0.15) is 37.4 Å². The summed E-state index contributed by atoms with van der Waals surface area (Å²) in [5, 5.41) is 10.8. The highest BCUT2D eigenvalue weighted by atomic mass is 35.5. The van der Waals surface area contributed by atoms with Gasteiger partial charge >= 0.3 is 0 Å². The number of rotatable bonds is 11. The molecule has 2 aliphatic carbocycles. The summed E-state index contributed by atoms with van der Waals surface area (Å²) in [6.07, 6.45) is 3.34. The number of anilines is 3. The van der Waals surface area contributed by atoms with Gasteiger partial charge in [-0.2, -0.15) is 35.5 Å². The minimum atomic E-state index is -5.28. The topological polar surface area (TPSA) is 294 Å². The molecule has 2 aliphatic rings. The van der Waals surface area contributed by atoms with Crippen LogP contribution in [0.15, 0.2) is 97.7 Å². The van der Waals surface area contributed by atoms with Gasteiger partial charge < -0.3 is 14.8 Å². The molecule has 1 amide bonds. The van der Waals surface area contributed by atoms with Crippen LogP contribution in [0.2, 0.25) is 5.02 Å². The first kappa shape index (κ1) is 41.4. The van der Waals surface area contributed by atoms with E-state index in [1.165, 1.54) is 68.8 Å². The van der Waals surface area contributed by atoms with Crippen LogP contribution in [0, 0.1) is 0 Å². The number of ether oxygens (including phenoxy) is 2. The fourth-order valence-corrected chi connectivity index (χ4v) is 7.47. The molecule has 6 rings (SSSR count). The lowest BCUT2D eigenvalue weighted by atomic mass is 9.92. The summed E-state index contributed by atoms with van der Waals surface area (Å²) in [6, 6.07) is 13.1. The molecule has 23 heteroatoms. The van der Waals surface area contributed by atoms with Crippen LogP contribution in [0.3, 0.4) is 0 Å². The standard InChI is InChI=1S/C35H26ClN5O14S3/c1-54-28-16-25(29(55-2)15-24(28)38-40-32-23-13-21(56(45,46)47)9-5-17(23)6-10-27(32)42)39-41-33-30(58(51,52)53)12-19-11-22(57(48,49)50)14-26(31(19)34(33)43)37-35(44)18-3-7-20(36)8-4-18/h3-16,38-39H,1-2H3,(H,37,44)(H,45,46,47)(H,48,49,50)(H,51,52,53)/b40-32-,41-33-. The highest BCUT2D eigenvalue weighted by molar-refractivity contribution is 7.91. The minimum absolute atomic E-state index is 0.00522. The molecule has 19 nitrogen and oxygen atoms in total. The van der Waals surface area contributed by atoms with Gasteiger partial charge in [0.05, 0.1) is 35.3 Å². The van der Waals surface area contributed by atoms with Gasteiger partial charge in [-0.05, 0) is 71.8 Å². The zero-order valence-corrected chi connectivity index (χ0v) is 32.6. The number of nitrogens with zero attached hydrogens (tertiary/aromatic N) is 2. The van der Waals surface area contributed by atoms with Crippen LogP contribution in [0.25, 0.3) is 12.2 Å². The van der Waals surface area contributed by atoms with Crippen molar-refractivity contribution in [1.29, 1.82) is 0 Å². The van der Waals surface area contributed by atoms with Gasteiger partial charge in [0.1, 0.15) is 33.5 Å². The Hall–Kier alpha value is -6.27. The van der Waals surface area contributed by atoms with Crippen LogP contribution >= 0.6 is 11.6 Å². The van der Waals surface area contributed by atoms with Gasteiger partial charge in [0, 0.05) is 28.3 Å². The molecule has 0 aromatic heterocycles. The van der Waals surface area contributed by atoms with Crippen molar-refractivity contribution >= 4 is 100 Å². The second-order valence-corrected chi connectivity index (χ2v) is 16.7. The average molecular weight is 872 g/mol. The minimum Gasteiger partial charge on any atom is -0.494 e. The number of Topliss-reactive ketones (excluding diaryl/α,β-unsaturated/α-hetero) is 1. The molecule has 4 aromatic rings. The maximum absolute atomic E-state index is 14.1. The molecule has 0 unspecified atom stereocenters. The van der Waals surface area contributed by atoms with Gasteiger partial charge in [0.15, 0.2) is 5.71 Å². The van der Waals surface area contributed by atoms with Gasteiger partial charge in [0.2, 0.25) is 11.6 Å². The van der Waals surface area contributed by atoms with Crippen molar-refractivity contribution in [2.24, 2.45) is 10.2 Å². The van der Waals surface area contributed by atoms with Crippen molar-refractivity contribution in [3.63, 3.8) is 0 Å². The predicted molar refractivity (Wildman–Crippen MR) is 211 cm³/mol. The second-order valence-electron chi connectivity index (χ2n) is 12.0. The van der Waals surface area contributed by atoms with E-state index in [1.807, 2.05) is 0 Å². The molecule has 0 saturated carbocycles. The number of hydrogen-bond donors (Lipinski definition) is 6. The van der Waals surface area contributed by atoms with Gasteiger partial charge in [-0.3, -0.25) is 38.9 Å². The summed E-state index contributed by atoms with van der Waals surface area (Å²) in [7, 11) is -12.4. The number of ketones is 2. The Kier molecular flexibility index (Phi) is 11.1. The zero-order valence-electron chi connectivity index (χ0n) is 29.4. The Balaban J connectivity index is 1.39. The highest BCUT2D eigenvalue weighted by Crippen LogP contribution is 2.38. The monoisotopic (exact) mass is 871 g/mol. The largest absolute Gasteiger partial charge is 0.494 e. The highest BCUT2D eigenvalue weighted by Gasteiger charge is 2.36. The van der Waals surface area contributed by atoms with Crippen LogP contribution in [-0.4, -0.2) is 82.0 Å². The van der Waals surface area contributed by atoms with E-state index in [-0.39, 0.29) is 39.7 Å². The summed E-state index contributed by atoms with van der Waals surface area (Å²) >= 11 is 5.90. The van der Waals surface area contributed by atoms with E-state index >= 15 is 0 Å². The summed E-state index contributed by atoms with van der Waals surface area (Å²) < 4.78 is 113. The van der Waals surface area contributed by atoms with E-state index in [0.29, 0.717) is 16.7 Å². The molecule has 0 heterocycles. The number of allylic oxidation sites excluding steroid dienone is 2. The number of hydrogen-bond acceptors (Lipinski definition) is 15. The first-order valence-corrected chi connectivity index (χ1v) is 20.6. The number of carbonyl (C=O) groups is 3. The fraction of sp³-hybridized carbons (Fsp3) is 0.0571. The molecule has 6 N–H and O–H groups in total. The molecule has 0 bridgehead atoms. The predicted octanol–water partition coefficient (Wildman–Crippen LogP) is 4.41. The lowest BCUT2D eigenvalue weighted by molar-refractivity contribution is -0.108. The Morgan fingerprint density at radius 2 is 1.26 bits per heavy atom. The van der Waals surface area contributed by atoms with E-state index < -0.39 is 85.1 Å². The molecule has 300 valence electrons. The van der Waals surface area contributed by atoms with E-state index in [0.717, 1.165) is 24.3 Å². The average Bonchev–Trinajstić information content (AvgIpc) is 3.15. The van der Waals surface area contributed by atoms with Crippen molar-refractivity contribution in [3.8, 4) is 11.5 Å². The quantitative estimate of drug-likeness (QED) is 0.0899. The molecular weight excluding hydrogens is 846 g/mol. The summed E-state index contributed by atoms with van der Waals surface area (Å²) in [4.78, 5) is 37.6.